The van der Waals surface area contributed by atoms with Crippen LogP contribution in [0.3, 0.4) is 0 Å². The average Bonchev–Trinajstić information content (AvgIpc) is 3.25. The predicted octanol–water partition coefficient (Wildman–Crippen LogP) is 1.13. The maximum absolute atomic E-state index is 3.70. The Hall–Kier alpha value is -1.47. The Kier molecular flexibility index (Phi) is 7.24. The summed E-state index contributed by atoms with van der Waals surface area (Å²) in [6, 6.07) is 34.3. The second-order valence-electron chi connectivity index (χ2n) is 7.12. The summed E-state index contributed by atoms with van der Waals surface area (Å²) in [6.45, 7) is 1.18. The third-order valence-electron chi connectivity index (χ3n) is 5.57. The van der Waals surface area contributed by atoms with Crippen LogP contribution in [0, 0.1) is 0 Å². The zero-order valence-electron chi connectivity index (χ0n) is 15.6. The smallest absolute Gasteiger partial charge is 0.112 e. The van der Waals surface area contributed by atoms with Gasteiger partial charge in [-0.25, -0.2) is 0 Å². The number of benzene rings is 3. The number of nitrogens with one attached hydrogen (secondary N) is 1. The van der Waals surface area contributed by atoms with E-state index in [-0.39, 0.29) is 17.0 Å². The fourth-order valence-electron chi connectivity index (χ4n) is 4.23. The van der Waals surface area contributed by atoms with Crippen LogP contribution in [0.25, 0.3) is 0 Å². The van der Waals surface area contributed by atoms with Crippen molar-refractivity contribution in [3.8, 4) is 0 Å². The highest BCUT2D eigenvalue weighted by Crippen LogP contribution is 2.56. The van der Waals surface area contributed by atoms with Gasteiger partial charge in [0.2, 0.25) is 0 Å². The minimum Gasteiger partial charge on any atom is -1.00 e. The Bertz CT molecular complexity index is 705. The van der Waals surface area contributed by atoms with Gasteiger partial charge in [0.15, 0.2) is 0 Å². The Morgan fingerprint density at radius 1 is 0.704 bits per heavy atom. The molecule has 1 aliphatic heterocycles. The average molecular weight is 440 g/mol. The van der Waals surface area contributed by atoms with Gasteiger partial charge in [-0.15, -0.1) is 0 Å². The second-order valence-corrected chi connectivity index (χ2v) is 10.7. The normalized spacial score (nSPS) is 16.7. The van der Waals surface area contributed by atoms with E-state index in [0.29, 0.717) is 6.04 Å². The van der Waals surface area contributed by atoms with E-state index in [2.05, 4.69) is 96.3 Å². The summed E-state index contributed by atoms with van der Waals surface area (Å²) in [5.41, 5.74) is 0. The molecule has 3 aromatic carbocycles. The first-order valence-electron chi connectivity index (χ1n) is 9.68. The van der Waals surface area contributed by atoms with Gasteiger partial charge in [0.1, 0.15) is 23.2 Å². The summed E-state index contributed by atoms with van der Waals surface area (Å²) in [4.78, 5) is 0. The molecule has 0 saturated carbocycles. The predicted molar refractivity (Wildman–Crippen MR) is 116 cm³/mol. The zero-order valence-corrected chi connectivity index (χ0v) is 18.1. The maximum Gasteiger partial charge on any atom is 0.112 e. The van der Waals surface area contributed by atoms with E-state index in [1.807, 2.05) is 0 Å². The third-order valence-corrected chi connectivity index (χ3v) is 10.0. The molecule has 1 atom stereocenters. The molecule has 4 rings (SSSR count). The van der Waals surface area contributed by atoms with Gasteiger partial charge in [0, 0.05) is 6.04 Å². The molecule has 1 saturated heterocycles. The second kappa shape index (κ2) is 9.64. The van der Waals surface area contributed by atoms with Gasteiger partial charge in [0.25, 0.3) is 0 Å². The standard InChI is InChI=1S/C24H27NP.BrH/c1-4-12-22(13-5-1)26(23-14-6-2-7-15-23,24-16-8-3-9-17-24)20-18-21-11-10-19-25-21;/h1-9,12-17,21,25H,10-11,18-20H2;1H/q+1;/p-1. The molecule has 27 heavy (non-hydrogen) atoms. The Labute approximate surface area is 174 Å². The van der Waals surface area contributed by atoms with E-state index < -0.39 is 7.26 Å². The molecule has 1 aliphatic rings. The Morgan fingerprint density at radius 3 is 1.52 bits per heavy atom. The van der Waals surface area contributed by atoms with Crippen molar-refractivity contribution in [1.82, 2.24) is 5.32 Å². The van der Waals surface area contributed by atoms with E-state index in [4.69, 9.17) is 0 Å². The molecule has 1 unspecified atom stereocenters. The number of halogens is 1. The number of rotatable bonds is 6. The first-order chi connectivity index (χ1) is 12.9. The van der Waals surface area contributed by atoms with Crippen LogP contribution in [0.1, 0.15) is 19.3 Å². The lowest BCUT2D eigenvalue weighted by Gasteiger charge is -2.28. The molecule has 0 bridgehead atoms. The molecular weight excluding hydrogens is 413 g/mol. The van der Waals surface area contributed by atoms with Crippen molar-refractivity contribution < 1.29 is 17.0 Å². The number of hydrogen-bond donors (Lipinski definition) is 1. The molecule has 140 valence electrons. The Balaban J connectivity index is 0.00000210. The lowest BCUT2D eigenvalue weighted by Crippen LogP contribution is -3.00. The first-order valence-corrected chi connectivity index (χ1v) is 11.7. The Morgan fingerprint density at radius 2 is 1.15 bits per heavy atom. The molecular formula is C24H27BrNP. The summed E-state index contributed by atoms with van der Waals surface area (Å²) in [5.74, 6) is 0. The van der Waals surface area contributed by atoms with Crippen LogP contribution in [0.5, 0.6) is 0 Å². The summed E-state index contributed by atoms with van der Waals surface area (Å²) in [7, 11) is -1.65. The zero-order chi connectivity index (χ0) is 17.7. The molecule has 0 aromatic heterocycles. The summed E-state index contributed by atoms with van der Waals surface area (Å²) in [6.07, 6.45) is 5.10. The molecule has 0 amide bonds. The van der Waals surface area contributed by atoms with Crippen molar-refractivity contribution in [3.05, 3.63) is 91.0 Å². The van der Waals surface area contributed by atoms with Crippen molar-refractivity contribution in [2.24, 2.45) is 0 Å². The lowest BCUT2D eigenvalue weighted by atomic mass is 10.2. The van der Waals surface area contributed by atoms with Gasteiger partial charge in [-0.3, -0.25) is 0 Å². The van der Waals surface area contributed by atoms with Crippen LogP contribution in [0.15, 0.2) is 91.0 Å². The fourth-order valence-corrected chi connectivity index (χ4v) is 8.65. The van der Waals surface area contributed by atoms with Crippen LogP contribution < -0.4 is 38.2 Å². The third kappa shape index (κ3) is 4.35. The van der Waals surface area contributed by atoms with E-state index in [1.54, 1.807) is 0 Å². The van der Waals surface area contributed by atoms with Gasteiger partial charge in [-0.05, 0) is 62.2 Å². The largest absolute Gasteiger partial charge is 1.00 e. The van der Waals surface area contributed by atoms with E-state index >= 15 is 0 Å². The molecule has 0 spiro atoms. The molecule has 1 N–H and O–H groups in total. The monoisotopic (exact) mass is 439 g/mol. The van der Waals surface area contributed by atoms with Crippen LogP contribution in [-0.4, -0.2) is 18.7 Å². The van der Waals surface area contributed by atoms with E-state index in [9.17, 15) is 0 Å². The fraction of sp³-hybridized carbons (Fsp3) is 0.250. The van der Waals surface area contributed by atoms with Crippen LogP contribution in [0.2, 0.25) is 0 Å². The topological polar surface area (TPSA) is 12.0 Å². The molecule has 1 nitrogen and oxygen atoms in total. The SMILES string of the molecule is [Br-].c1ccc([P+](CCC2CCCN2)(c2ccccc2)c2ccccc2)cc1. The minimum atomic E-state index is -1.65. The quantitative estimate of drug-likeness (QED) is 0.567. The minimum absolute atomic E-state index is 0. The van der Waals surface area contributed by atoms with Crippen molar-refractivity contribution in [1.29, 1.82) is 0 Å². The highest BCUT2D eigenvalue weighted by molar-refractivity contribution is 7.95. The maximum atomic E-state index is 3.70. The summed E-state index contributed by atoms with van der Waals surface area (Å²) in [5, 5.41) is 8.19. The number of hydrogen-bond acceptors (Lipinski definition) is 1. The molecule has 3 aromatic rings. The molecule has 3 heteroatoms. The van der Waals surface area contributed by atoms with Gasteiger partial charge >= 0.3 is 0 Å². The van der Waals surface area contributed by atoms with Gasteiger partial charge in [-0.1, -0.05) is 54.6 Å². The molecule has 0 radical (unpaired) electrons. The van der Waals surface area contributed by atoms with Gasteiger partial charge in [-0.2, -0.15) is 0 Å². The van der Waals surface area contributed by atoms with Crippen LogP contribution in [0.4, 0.5) is 0 Å². The van der Waals surface area contributed by atoms with Crippen molar-refractivity contribution in [2.45, 2.75) is 25.3 Å². The van der Waals surface area contributed by atoms with Crippen LogP contribution in [-0.2, 0) is 0 Å². The van der Waals surface area contributed by atoms with Gasteiger partial charge < -0.3 is 22.3 Å². The van der Waals surface area contributed by atoms with Gasteiger partial charge in [0.05, 0.1) is 6.16 Å². The van der Waals surface area contributed by atoms with E-state index in [0.717, 1.165) is 0 Å². The van der Waals surface area contributed by atoms with E-state index in [1.165, 1.54) is 47.9 Å². The van der Waals surface area contributed by atoms with Crippen molar-refractivity contribution >= 4 is 23.2 Å². The van der Waals surface area contributed by atoms with Crippen LogP contribution >= 0.6 is 7.26 Å². The molecule has 1 fully saturated rings. The first kappa shape index (κ1) is 20.3. The highest BCUT2D eigenvalue weighted by atomic mass is 79.9. The summed E-state index contributed by atoms with van der Waals surface area (Å²) < 4.78 is 0. The molecule has 1 heterocycles. The summed E-state index contributed by atoms with van der Waals surface area (Å²) >= 11 is 0. The van der Waals surface area contributed by atoms with Crippen molar-refractivity contribution in [3.63, 3.8) is 0 Å². The molecule has 0 aliphatic carbocycles. The lowest BCUT2D eigenvalue weighted by molar-refractivity contribution is -0.00000515. The highest BCUT2D eigenvalue weighted by Gasteiger charge is 2.45. The van der Waals surface area contributed by atoms with Crippen molar-refractivity contribution in [2.75, 3.05) is 12.7 Å².